The van der Waals surface area contributed by atoms with Crippen molar-refractivity contribution >= 4 is 0 Å². The summed E-state index contributed by atoms with van der Waals surface area (Å²) in [6.45, 7) is 3.54. The van der Waals surface area contributed by atoms with E-state index in [4.69, 9.17) is 9.26 Å². The Balaban J connectivity index is 2.34. The van der Waals surface area contributed by atoms with Gasteiger partial charge in [0.05, 0.1) is 0 Å². The third-order valence-corrected chi connectivity index (χ3v) is 2.05. The fourth-order valence-electron chi connectivity index (χ4n) is 1.27. The van der Waals surface area contributed by atoms with Crippen molar-refractivity contribution in [1.82, 2.24) is 5.16 Å². The molecule has 15 heavy (non-hydrogen) atoms. The largest absolute Gasteiger partial charge is 0.504 e. The van der Waals surface area contributed by atoms with Crippen molar-refractivity contribution in [2.24, 2.45) is 0 Å². The van der Waals surface area contributed by atoms with E-state index in [0.29, 0.717) is 23.0 Å². The van der Waals surface area contributed by atoms with Gasteiger partial charge in [0.25, 0.3) is 0 Å². The minimum Gasteiger partial charge on any atom is -0.504 e. The van der Waals surface area contributed by atoms with Crippen molar-refractivity contribution < 1.29 is 14.4 Å². The molecule has 0 spiro atoms. The van der Waals surface area contributed by atoms with E-state index >= 15 is 0 Å². The topological polar surface area (TPSA) is 55.5 Å². The van der Waals surface area contributed by atoms with E-state index in [-0.39, 0.29) is 5.75 Å². The lowest BCUT2D eigenvalue weighted by atomic mass is 10.3. The van der Waals surface area contributed by atoms with Gasteiger partial charge in [-0.05, 0) is 19.1 Å². The van der Waals surface area contributed by atoms with Crippen LogP contribution in [-0.4, -0.2) is 10.3 Å². The van der Waals surface area contributed by atoms with Crippen molar-refractivity contribution in [3.05, 3.63) is 35.7 Å². The van der Waals surface area contributed by atoms with Crippen LogP contribution in [0.25, 0.3) is 0 Å². The van der Waals surface area contributed by atoms with Gasteiger partial charge in [0.2, 0.25) is 0 Å². The van der Waals surface area contributed by atoms with Gasteiger partial charge in [-0.3, -0.25) is 0 Å². The molecule has 0 amide bonds. The molecule has 0 saturated heterocycles. The second-order valence-electron chi connectivity index (χ2n) is 3.22. The summed E-state index contributed by atoms with van der Waals surface area (Å²) in [5.74, 6) is 1.64. The van der Waals surface area contributed by atoms with E-state index in [9.17, 15) is 5.11 Å². The summed E-state index contributed by atoms with van der Waals surface area (Å²) in [7, 11) is 0. The van der Waals surface area contributed by atoms with Gasteiger partial charge in [0, 0.05) is 6.92 Å². The molecule has 0 unspecified atom stereocenters. The summed E-state index contributed by atoms with van der Waals surface area (Å²) in [5.41, 5.74) is 0.663. The highest BCUT2D eigenvalue weighted by Crippen LogP contribution is 2.33. The number of hydrogen-bond acceptors (Lipinski definition) is 4. The molecule has 0 saturated carbocycles. The number of aromatic nitrogens is 1. The molecule has 78 valence electrons. The number of rotatable bonds is 2. The molecule has 0 aliphatic carbocycles. The first kappa shape index (κ1) is 9.58. The Kier molecular flexibility index (Phi) is 2.33. The van der Waals surface area contributed by atoms with Crippen molar-refractivity contribution in [2.75, 3.05) is 0 Å². The van der Waals surface area contributed by atoms with Crippen LogP contribution in [0, 0.1) is 13.8 Å². The average molecular weight is 205 g/mol. The summed E-state index contributed by atoms with van der Waals surface area (Å²) in [5, 5.41) is 13.3. The first-order valence-electron chi connectivity index (χ1n) is 4.57. The number of nitrogens with zero attached hydrogens (tertiary/aromatic N) is 1. The first-order chi connectivity index (χ1) is 7.18. The van der Waals surface area contributed by atoms with Gasteiger partial charge < -0.3 is 14.4 Å². The Morgan fingerprint density at radius 2 is 2.00 bits per heavy atom. The number of hydrogen-bond donors (Lipinski definition) is 1. The monoisotopic (exact) mass is 205 g/mol. The van der Waals surface area contributed by atoms with Crippen LogP contribution in [0.15, 0.2) is 28.8 Å². The van der Waals surface area contributed by atoms with Crippen molar-refractivity contribution in [1.29, 1.82) is 0 Å². The minimum atomic E-state index is 0.0949. The molecule has 1 aromatic heterocycles. The smallest absolute Gasteiger partial charge is 0.192 e. The summed E-state index contributed by atoms with van der Waals surface area (Å²) >= 11 is 0. The molecular weight excluding hydrogens is 194 g/mol. The number of phenolic OH excluding ortho intramolecular Hbond substituents is 1. The Hall–Kier alpha value is -1.97. The fraction of sp³-hybridized carbons (Fsp3) is 0.182. The van der Waals surface area contributed by atoms with Crippen LogP contribution < -0.4 is 4.74 Å². The highest BCUT2D eigenvalue weighted by Gasteiger charge is 2.12. The number of aryl methyl sites for hydroxylation is 2. The third-order valence-electron chi connectivity index (χ3n) is 2.05. The molecule has 1 heterocycles. The zero-order valence-corrected chi connectivity index (χ0v) is 8.52. The van der Waals surface area contributed by atoms with E-state index in [1.807, 2.05) is 0 Å². The van der Waals surface area contributed by atoms with Gasteiger partial charge >= 0.3 is 0 Å². The number of para-hydroxylation sites is 2. The van der Waals surface area contributed by atoms with Crippen LogP contribution in [-0.2, 0) is 0 Å². The van der Waals surface area contributed by atoms with Crippen LogP contribution >= 0.6 is 0 Å². The molecular formula is C11H11NO3. The number of benzene rings is 1. The van der Waals surface area contributed by atoms with Crippen LogP contribution in [0.1, 0.15) is 11.5 Å². The number of ether oxygens (including phenoxy) is 1. The van der Waals surface area contributed by atoms with Gasteiger partial charge in [0.1, 0.15) is 5.69 Å². The van der Waals surface area contributed by atoms with Crippen LogP contribution in [0.3, 0.4) is 0 Å². The van der Waals surface area contributed by atoms with Crippen LogP contribution in [0.5, 0.6) is 17.2 Å². The fourth-order valence-corrected chi connectivity index (χ4v) is 1.27. The van der Waals surface area contributed by atoms with Crippen molar-refractivity contribution in [2.45, 2.75) is 13.8 Å². The normalized spacial score (nSPS) is 10.3. The Bertz CT molecular complexity index is 457. The molecule has 4 heteroatoms. The van der Waals surface area contributed by atoms with E-state index in [1.165, 1.54) is 0 Å². The molecule has 0 radical (unpaired) electrons. The number of phenols is 1. The average Bonchev–Trinajstić information content (AvgIpc) is 2.53. The Morgan fingerprint density at radius 1 is 1.27 bits per heavy atom. The van der Waals surface area contributed by atoms with E-state index in [1.54, 1.807) is 38.1 Å². The molecule has 2 rings (SSSR count). The zero-order valence-electron chi connectivity index (χ0n) is 8.52. The maximum atomic E-state index is 9.52. The maximum Gasteiger partial charge on any atom is 0.192 e. The highest BCUT2D eigenvalue weighted by atomic mass is 16.5. The quantitative estimate of drug-likeness (QED) is 0.819. The number of aromatic hydroxyl groups is 1. The van der Waals surface area contributed by atoms with E-state index < -0.39 is 0 Å². The van der Waals surface area contributed by atoms with Crippen molar-refractivity contribution in [3.63, 3.8) is 0 Å². The molecule has 0 atom stereocenters. The summed E-state index contributed by atoms with van der Waals surface area (Å²) < 4.78 is 10.5. The van der Waals surface area contributed by atoms with Gasteiger partial charge in [-0.2, -0.15) is 0 Å². The Morgan fingerprint density at radius 3 is 2.60 bits per heavy atom. The predicted molar refractivity (Wildman–Crippen MR) is 54.2 cm³/mol. The molecule has 1 N–H and O–H groups in total. The maximum absolute atomic E-state index is 9.52. The van der Waals surface area contributed by atoms with Crippen LogP contribution in [0.4, 0.5) is 0 Å². The van der Waals surface area contributed by atoms with Crippen molar-refractivity contribution in [3.8, 4) is 17.2 Å². The molecule has 4 nitrogen and oxygen atoms in total. The Labute approximate surface area is 87.1 Å². The predicted octanol–water partition coefficient (Wildman–Crippen LogP) is 2.79. The lowest BCUT2D eigenvalue weighted by Crippen LogP contribution is -1.86. The third kappa shape index (κ3) is 1.79. The summed E-state index contributed by atoms with van der Waals surface area (Å²) in [6.07, 6.45) is 0. The molecule has 1 aromatic carbocycles. The highest BCUT2D eigenvalue weighted by molar-refractivity contribution is 5.43. The van der Waals surface area contributed by atoms with Gasteiger partial charge in [0.15, 0.2) is 23.0 Å². The molecule has 0 bridgehead atoms. The summed E-state index contributed by atoms with van der Waals surface area (Å²) in [4.78, 5) is 0. The van der Waals surface area contributed by atoms with E-state index in [0.717, 1.165) is 0 Å². The lowest BCUT2D eigenvalue weighted by molar-refractivity contribution is 0.377. The molecule has 0 fully saturated rings. The zero-order chi connectivity index (χ0) is 10.8. The lowest BCUT2D eigenvalue weighted by Gasteiger charge is -2.05. The second-order valence-corrected chi connectivity index (χ2v) is 3.22. The van der Waals surface area contributed by atoms with Crippen LogP contribution in [0.2, 0.25) is 0 Å². The van der Waals surface area contributed by atoms with Gasteiger partial charge in [-0.1, -0.05) is 17.3 Å². The standard InChI is InChI=1S/C11H11NO3/c1-7-11(8(2)15-12-7)14-10-6-4-3-5-9(10)13/h3-6,13H,1-2H3. The minimum absolute atomic E-state index is 0.0949. The SMILES string of the molecule is Cc1noc(C)c1Oc1ccccc1O. The van der Waals surface area contributed by atoms with Gasteiger partial charge in [-0.25, -0.2) is 0 Å². The first-order valence-corrected chi connectivity index (χ1v) is 4.57. The summed E-state index contributed by atoms with van der Waals surface area (Å²) in [6, 6.07) is 6.76. The molecule has 0 aliphatic rings. The molecule has 2 aromatic rings. The van der Waals surface area contributed by atoms with Gasteiger partial charge in [-0.15, -0.1) is 0 Å². The molecule has 0 aliphatic heterocycles. The second kappa shape index (κ2) is 3.65. The van der Waals surface area contributed by atoms with E-state index in [2.05, 4.69) is 5.16 Å².